The summed E-state index contributed by atoms with van der Waals surface area (Å²) in [5, 5.41) is 2.99. The van der Waals surface area contributed by atoms with Crippen LogP contribution >= 0.6 is 0 Å². The van der Waals surface area contributed by atoms with Crippen LogP contribution in [0, 0.1) is 19.7 Å². The monoisotopic (exact) mass is 454 g/mol. The lowest BCUT2D eigenvalue weighted by atomic mass is 9.99. The summed E-state index contributed by atoms with van der Waals surface area (Å²) < 4.78 is 39.9. The molecule has 5 nitrogen and oxygen atoms in total. The zero-order chi connectivity index (χ0) is 23.5. The Labute approximate surface area is 188 Å². The number of amides is 1. The molecule has 0 bridgehead atoms. The summed E-state index contributed by atoms with van der Waals surface area (Å²) in [6, 6.07) is 18.2. The second-order valence-electron chi connectivity index (χ2n) is 7.96. The van der Waals surface area contributed by atoms with Crippen molar-refractivity contribution in [2.45, 2.75) is 33.4 Å². The van der Waals surface area contributed by atoms with Crippen molar-refractivity contribution >= 4 is 21.6 Å². The molecule has 0 saturated carbocycles. The summed E-state index contributed by atoms with van der Waals surface area (Å²) in [6.07, 6.45) is 1.07. The lowest BCUT2D eigenvalue weighted by molar-refractivity contribution is 0.0940. The average Bonchev–Trinajstić information content (AvgIpc) is 2.74. The van der Waals surface area contributed by atoms with E-state index < -0.39 is 15.8 Å². The van der Waals surface area contributed by atoms with Crippen LogP contribution in [0.4, 0.5) is 10.1 Å². The number of nitrogens with one attached hydrogen (secondary N) is 1. The molecule has 0 aromatic heterocycles. The van der Waals surface area contributed by atoms with Crippen LogP contribution in [-0.2, 0) is 16.6 Å². The number of halogens is 1. The first-order valence-corrected chi connectivity index (χ1v) is 12.1. The number of nitrogens with zero attached hydrogens (tertiary/aromatic N) is 1. The van der Waals surface area contributed by atoms with E-state index in [4.69, 9.17) is 0 Å². The van der Waals surface area contributed by atoms with Crippen LogP contribution in [0.3, 0.4) is 0 Å². The van der Waals surface area contributed by atoms with Crippen molar-refractivity contribution in [1.82, 2.24) is 5.32 Å². The van der Waals surface area contributed by atoms with Crippen LogP contribution < -0.4 is 9.62 Å². The second-order valence-corrected chi connectivity index (χ2v) is 9.87. The second kappa shape index (κ2) is 9.53. The minimum Gasteiger partial charge on any atom is -0.346 e. The number of hydrogen-bond donors (Lipinski definition) is 1. The molecular formula is C25H27FN2O3S. The quantitative estimate of drug-likeness (QED) is 0.552. The van der Waals surface area contributed by atoms with Crippen LogP contribution in [0.5, 0.6) is 0 Å². The molecule has 168 valence electrons. The minimum atomic E-state index is -3.66. The van der Waals surface area contributed by atoms with Gasteiger partial charge in [0.1, 0.15) is 5.82 Å². The highest BCUT2D eigenvalue weighted by atomic mass is 32.2. The Morgan fingerprint density at radius 1 is 1.03 bits per heavy atom. The highest BCUT2D eigenvalue weighted by Crippen LogP contribution is 2.23. The maximum absolute atomic E-state index is 14.1. The van der Waals surface area contributed by atoms with Crippen molar-refractivity contribution in [3.8, 4) is 0 Å². The number of hydrogen-bond acceptors (Lipinski definition) is 3. The largest absolute Gasteiger partial charge is 0.346 e. The van der Waals surface area contributed by atoms with Gasteiger partial charge in [-0.15, -0.1) is 0 Å². The summed E-state index contributed by atoms with van der Waals surface area (Å²) in [5.41, 5.74) is 4.28. The molecule has 7 heteroatoms. The summed E-state index contributed by atoms with van der Waals surface area (Å²) in [7, 11) is -3.66. The molecule has 1 atom stereocenters. The standard InChI is InChI=1S/C25H27FN2O3S/c1-17-9-10-18(2)23(15-17)19(3)27-25(29)20-11-13-22(14-12-20)28(32(4,30)31)16-21-7-5-6-8-24(21)26/h5-15,19H,16H2,1-4H3,(H,27,29). The van der Waals surface area contributed by atoms with E-state index in [0.29, 0.717) is 11.3 Å². The number of aryl methyl sites for hydroxylation is 2. The van der Waals surface area contributed by atoms with Crippen LogP contribution in [-0.4, -0.2) is 20.6 Å². The van der Waals surface area contributed by atoms with E-state index in [2.05, 4.69) is 11.4 Å². The van der Waals surface area contributed by atoms with Crippen LogP contribution in [0.1, 0.15) is 45.6 Å². The Kier molecular flexibility index (Phi) is 6.99. The first-order chi connectivity index (χ1) is 15.1. The molecule has 3 aromatic rings. The topological polar surface area (TPSA) is 66.5 Å². The molecule has 1 amide bonds. The van der Waals surface area contributed by atoms with Gasteiger partial charge in [0, 0.05) is 11.1 Å². The minimum absolute atomic E-state index is 0.138. The van der Waals surface area contributed by atoms with Crippen molar-refractivity contribution in [3.63, 3.8) is 0 Å². The van der Waals surface area contributed by atoms with Gasteiger partial charge in [-0.05, 0) is 62.2 Å². The van der Waals surface area contributed by atoms with Gasteiger partial charge in [0.15, 0.2) is 0 Å². The normalized spacial score (nSPS) is 12.3. The molecule has 0 saturated heterocycles. The molecule has 0 heterocycles. The number of sulfonamides is 1. The first-order valence-electron chi connectivity index (χ1n) is 10.3. The van der Waals surface area contributed by atoms with Crippen molar-refractivity contribution in [2.24, 2.45) is 0 Å². The summed E-state index contributed by atoms with van der Waals surface area (Å²) in [5.74, 6) is -0.734. The van der Waals surface area contributed by atoms with Crippen molar-refractivity contribution in [3.05, 3.63) is 100 Å². The van der Waals surface area contributed by atoms with E-state index >= 15 is 0 Å². The maximum Gasteiger partial charge on any atom is 0.251 e. The Bertz CT molecular complexity index is 1220. The fraction of sp³-hybridized carbons (Fsp3) is 0.240. The lowest BCUT2D eigenvalue weighted by Crippen LogP contribution is -2.30. The molecule has 0 fully saturated rings. The third-order valence-corrected chi connectivity index (χ3v) is 6.48. The van der Waals surface area contributed by atoms with E-state index in [1.54, 1.807) is 42.5 Å². The van der Waals surface area contributed by atoms with E-state index in [1.807, 2.05) is 32.9 Å². The molecule has 0 radical (unpaired) electrons. The van der Waals surface area contributed by atoms with Gasteiger partial charge >= 0.3 is 0 Å². The highest BCUT2D eigenvalue weighted by molar-refractivity contribution is 7.92. The van der Waals surface area contributed by atoms with Crippen molar-refractivity contribution in [1.29, 1.82) is 0 Å². The smallest absolute Gasteiger partial charge is 0.251 e. The van der Waals surface area contributed by atoms with Crippen molar-refractivity contribution in [2.75, 3.05) is 10.6 Å². The van der Waals surface area contributed by atoms with Gasteiger partial charge in [0.25, 0.3) is 5.91 Å². The molecule has 3 rings (SSSR count). The van der Waals surface area contributed by atoms with Gasteiger partial charge < -0.3 is 5.32 Å². The van der Waals surface area contributed by atoms with Gasteiger partial charge in [-0.25, -0.2) is 12.8 Å². The summed E-state index contributed by atoms with van der Waals surface area (Å²) in [6.45, 7) is 5.79. The first kappa shape index (κ1) is 23.5. The number of benzene rings is 3. The molecular weight excluding hydrogens is 427 g/mol. The van der Waals surface area contributed by atoms with Crippen LogP contribution in [0.15, 0.2) is 66.7 Å². The zero-order valence-corrected chi connectivity index (χ0v) is 19.4. The molecule has 0 aliphatic carbocycles. The predicted octanol–water partition coefficient (Wildman–Crippen LogP) is 4.90. The number of anilines is 1. The molecule has 0 aliphatic rings. The van der Waals surface area contributed by atoms with E-state index in [0.717, 1.165) is 27.3 Å². The van der Waals surface area contributed by atoms with Crippen molar-refractivity contribution < 1.29 is 17.6 Å². The van der Waals surface area contributed by atoms with Gasteiger partial charge in [0.2, 0.25) is 10.0 Å². The van der Waals surface area contributed by atoms with Crippen LogP contribution in [0.25, 0.3) is 0 Å². The third kappa shape index (κ3) is 5.53. The Morgan fingerprint density at radius 3 is 2.31 bits per heavy atom. The SMILES string of the molecule is Cc1ccc(C)c(C(C)NC(=O)c2ccc(N(Cc3ccccc3F)S(C)(=O)=O)cc2)c1. The Morgan fingerprint density at radius 2 is 1.69 bits per heavy atom. The Hall–Kier alpha value is -3.19. The molecule has 0 spiro atoms. The fourth-order valence-electron chi connectivity index (χ4n) is 3.54. The van der Waals surface area contributed by atoms with Gasteiger partial charge in [-0.2, -0.15) is 0 Å². The molecule has 3 aromatic carbocycles. The van der Waals surface area contributed by atoms with E-state index in [-0.39, 0.29) is 24.1 Å². The number of carbonyl (C=O) groups is 1. The number of carbonyl (C=O) groups excluding carboxylic acids is 1. The lowest BCUT2D eigenvalue weighted by Gasteiger charge is -2.23. The third-order valence-electron chi connectivity index (χ3n) is 5.34. The Balaban J connectivity index is 1.79. The van der Waals surface area contributed by atoms with Gasteiger partial charge in [-0.1, -0.05) is 42.0 Å². The highest BCUT2D eigenvalue weighted by Gasteiger charge is 2.20. The number of rotatable bonds is 7. The average molecular weight is 455 g/mol. The van der Waals surface area contributed by atoms with E-state index in [1.165, 1.54) is 6.07 Å². The molecule has 32 heavy (non-hydrogen) atoms. The summed E-state index contributed by atoms with van der Waals surface area (Å²) >= 11 is 0. The molecule has 0 aliphatic heterocycles. The fourth-order valence-corrected chi connectivity index (χ4v) is 4.42. The van der Waals surface area contributed by atoms with E-state index in [9.17, 15) is 17.6 Å². The van der Waals surface area contributed by atoms with Gasteiger partial charge in [0.05, 0.1) is 24.5 Å². The van der Waals surface area contributed by atoms with Gasteiger partial charge in [-0.3, -0.25) is 9.10 Å². The zero-order valence-electron chi connectivity index (χ0n) is 18.6. The predicted molar refractivity (Wildman–Crippen MR) is 126 cm³/mol. The molecule has 1 N–H and O–H groups in total. The molecule has 1 unspecified atom stereocenters. The summed E-state index contributed by atoms with van der Waals surface area (Å²) in [4.78, 5) is 12.7. The van der Waals surface area contributed by atoms with Crippen LogP contribution in [0.2, 0.25) is 0 Å². The maximum atomic E-state index is 14.1.